The molecule has 0 bridgehead atoms. The number of rotatable bonds is 4. The number of aliphatic imine (C=N–C) groups is 1. The van der Waals surface area contributed by atoms with E-state index in [1.54, 1.807) is 18.7 Å². The second-order valence-electron chi connectivity index (χ2n) is 5.56. The van der Waals surface area contributed by atoms with E-state index in [9.17, 15) is 4.79 Å². The van der Waals surface area contributed by atoms with Crippen molar-refractivity contribution < 1.29 is 9.53 Å². The molecule has 2 N–H and O–H groups in total. The fourth-order valence-corrected chi connectivity index (χ4v) is 3.48. The number of nitrogens with zero attached hydrogens (tertiary/aromatic N) is 2. The third-order valence-corrected chi connectivity index (χ3v) is 4.64. The molecule has 1 aromatic carbocycles. The molecule has 0 fully saturated rings. The molecule has 2 aromatic rings. The minimum absolute atomic E-state index is 0.323. The lowest BCUT2D eigenvalue weighted by atomic mass is 10.1. The summed E-state index contributed by atoms with van der Waals surface area (Å²) in [6.45, 7) is 5.95. The van der Waals surface area contributed by atoms with E-state index in [-0.39, 0.29) is 5.97 Å². The van der Waals surface area contributed by atoms with Crippen LogP contribution in [0.3, 0.4) is 0 Å². The predicted molar refractivity (Wildman–Crippen MR) is 102 cm³/mol. The number of carbonyl (C=O) groups excluding carboxylic acids is 1. The summed E-state index contributed by atoms with van der Waals surface area (Å²) in [5.41, 5.74) is 7.74. The minimum atomic E-state index is -0.323. The summed E-state index contributed by atoms with van der Waals surface area (Å²) in [6, 6.07) is 9.72. The van der Waals surface area contributed by atoms with Gasteiger partial charge >= 0.3 is 5.97 Å². The summed E-state index contributed by atoms with van der Waals surface area (Å²) in [7, 11) is 0. The van der Waals surface area contributed by atoms with E-state index in [1.807, 2.05) is 44.2 Å². The molecule has 1 aliphatic heterocycles. The molecule has 7 heteroatoms. The summed E-state index contributed by atoms with van der Waals surface area (Å²) in [5.74, 6) is 0.305. The Bertz CT molecular complexity index is 840. The molecule has 25 heavy (non-hydrogen) atoms. The first kappa shape index (κ1) is 17.3. The molecule has 0 atom stereocenters. The number of esters is 1. The number of benzene rings is 1. The van der Waals surface area contributed by atoms with Crippen molar-refractivity contribution in [2.75, 3.05) is 12.4 Å². The first-order valence-corrected chi connectivity index (χ1v) is 9.04. The van der Waals surface area contributed by atoms with Gasteiger partial charge in [-0.3, -0.25) is 5.43 Å². The molecule has 0 unspecified atom stereocenters. The highest BCUT2D eigenvalue weighted by Crippen LogP contribution is 2.24. The van der Waals surface area contributed by atoms with E-state index in [0.717, 1.165) is 33.5 Å². The van der Waals surface area contributed by atoms with Crippen LogP contribution in [0.1, 0.15) is 34.2 Å². The first-order chi connectivity index (χ1) is 12.1. The third kappa shape index (κ3) is 3.76. The summed E-state index contributed by atoms with van der Waals surface area (Å²) < 4.78 is 5.19. The molecule has 6 nitrogen and oxygen atoms in total. The molecular formula is C18H20N4O2S. The number of hydrogen-bond acceptors (Lipinski definition) is 5. The molecular weight excluding hydrogens is 336 g/mol. The number of hydrazone groups is 1. The zero-order valence-corrected chi connectivity index (χ0v) is 15.2. The SMILES string of the molecule is CCOC(=O)c1c(C)[nH]c(C)c1C1=NNC(=Nc2ccccc2)SC1. The molecule has 2 heterocycles. The van der Waals surface area contributed by atoms with Gasteiger partial charge in [-0.2, -0.15) is 5.10 Å². The van der Waals surface area contributed by atoms with Crippen molar-refractivity contribution in [2.45, 2.75) is 20.8 Å². The van der Waals surface area contributed by atoms with Gasteiger partial charge in [0.1, 0.15) is 0 Å². The Labute approximate surface area is 150 Å². The van der Waals surface area contributed by atoms with E-state index < -0.39 is 0 Å². The maximum atomic E-state index is 12.3. The molecule has 0 saturated heterocycles. The molecule has 0 radical (unpaired) electrons. The lowest BCUT2D eigenvalue weighted by molar-refractivity contribution is 0.0525. The predicted octanol–water partition coefficient (Wildman–Crippen LogP) is 3.54. The third-order valence-electron chi connectivity index (χ3n) is 3.76. The van der Waals surface area contributed by atoms with Crippen molar-refractivity contribution >= 4 is 34.3 Å². The number of nitrogens with one attached hydrogen (secondary N) is 2. The van der Waals surface area contributed by atoms with Gasteiger partial charge in [-0.25, -0.2) is 9.79 Å². The lowest BCUT2D eigenvalue weighted by Gasteiger charge is -2.16. The van der Waals surface area contributed by atoms with Gasteiger partial charge in [-0.15, -0.1) is 0 Å². The van der Waals surface area contributed by atoms with Gasteiger partial charge in [0.15, 0.2) is 5.17 Å². The van der Waals surface area contributed by atoms with Crippen LogP contribution in [0.25, 0.3) is 0 Å². The average Bonchev–Trinajstić information content (AvgIpc) is 2.91. The summed E-state index contributed by atoms with van der Waals surface area (Å²) >= 11 is 1.55. The van der Waals surface area contributed by atoms with Crippen molar-refractivity contribution in [3.05, 3.63) is 52.8 Å². The Balaban J connectivity index is 1.87. The highest BCUT2D eigenvalue weighted by molar-refractivity contribution is 8.14. The highest BCUT2D eigenvalue weighted by atomic mass is 32.2. The lowest BCUT2D eigenvalue weighted by Crippen LogP contribution is -2.26. The molecule has 3 rings (SSSR count). The summed E-state index contributed by atoms with van der Waals surface area (Å²) in [6.07, 6.45) is 0. The van der Waals surface area contributed by atoms with Gasteiger partial charge in [-0.05, 0) is 32.9 Å². The number of thioether (sulfide) groups is 1. The molecule has 130 valence electrons. The minimum Gasteiger partial charge on any atom is -0.462 e. The molecule has 0 aliphatic carbocycles. The van der Waals surface area contributed by atoms with Crippen LogP contribution in [-0.4, -0.2) is 34.2 Å². The summed E-state index contributed by atoms with van der Waals surface area (Å²) in [4.78, 5) is 20.0. The Morgan fingerprint density at radius 3 is 2.68 bits per heavy atom. The van der Waals surface area contributed by atoms with Crippen LogP contribution in [0.5, 0.6) is 0 Å². The number of H-pyrrole nitrogens is 1. The Morgan fingerprint density at radius 1 is 1.28 bits per heavy atom. The van der Waals surface area contributed by atoms with Gasteiger partial charge < -0.3 is 9.72 Å². The van der Waals surface area contributed by atoms with Crippen molar-refractivity contribution in [1.82, 2.24) is 10.4 Å². The number of carbonyl (C=O) groups is 1. The number of aryl methyl sites for hydroxylation is 2. The zero-order chi connectivity index (χ0) is 17.8. The standard InChI is InChI=1S/C18H20N4O2S/c1-4-24-17(23)16-12(3)19-11(2)15(16)14-10-25-18(22-21-14)20-13-8-6-5-7-9-13/h5-9,19H,4,10H2,1-3H3,(H,20,22). The number of ether oxygens (including phenoxy) is 1. The van der Waals surface area contributed by atoms with Gasteiger partial charge in [-0.1, -0.05) is 30.0 Å². The van der Waals surface area contributed by atoms with Crippen molar-refractivity contribution in [3.8, 4) is 0 Å². The van der Waals surface area contributed by atoms with E-state index in [1.165, 1.54) is 0 Å². The van der Waals surface area contributed by atoms with Crippen molar-refractivity contribution in [1.29, 1.82) is 0 Å². The number of amidine groups is 1. The number of aromatic amines is 1. The van der Waals surface area contributed by atoms with Gasteiger partial charge in [0.2, 0.25) is 0 Å². The fraction of sp³-hybridized carbons (Fsp3) is 0.278. The number of aromatic nitrogens is 1. The zero-order valence-electron chi connectivity index (χ0n) is 14.4. The average molecular weight is 356 g/mol. The molecule has 0 amide bonds. The topological polar surface area (TPSA) is 78.8 Å². The highest BCUT2D eigenvalue weighted by Gasteiger charge is 2.26. The second-order valence-corrected chi connectivity index (χ2v) is 6.52. The van der Waals surface area contributed by atoms with Crippen molar-refractivity contribution in [3.63, 3.8) is 0 Å². The van der Waals surface area contributed by atoms with Crippen LogP contribution in [-0.2, 0) is 4.74 Å². The van der Waals surface area contributed by atoms with Crippen LogP contribution in [0.4, 0.5) is 5.69 Å². The van der Waals surface area contributed by atoms with Crippen LogP contribution in [0, 0.1) is 13.8 Å². The largest absolute Gasteiger partial charge is 0.462 e. The van der Waals surface area contributed by atoms with Gasteiger partial charge in [0.05, 0.1) is 23.6 Å². The monoisotopic (exact) mass is 356 g/mol. The smallest absolute Gasteiger partial charge is 0.340 e. The molecule has 1 aromatic heterocycles. The Hall–Kier alpha value is -2.54. The van der Waals surface area contributed by atoms with Crippen LogP contribution >= 0.6 is 11.8 Å². The fourth-order valence-electron chi connectivity index (χ4n) is 2.72. The maximum absolute atomic E-state index is 12.3. The molecule has 0 spiro atoms. The van der Waals surface area contributed by atoms with Crippen LogP contribution < -0.4 is 5.43 Å². The van der Waals surface area contributed by atoms with Crippen molar-refractivity contribution in [2.24, 2.45) is 10.1 Å². The van der Waals surface area contributed by atoms with E-state index >= 15 is 0 Å². The Morgan fingerprint density at radius 2 is 2.04 bits per heavy atom. The first-order valence-electron chi connectivity index (χ1n) is 8.06. The normalized spacial score (nSPS) is 15.6. The van der Waals surface area contributed by atoms with E-state index in [0.29, 0.717) is 17.9 Å². The van der Waals surface area contributed by atoms with Gasteiger partial charge in [0, 0.05) is 22.7 Å². The summed E-state index contributed by atoms with van der Waals surface area (Å²) in [5, 5.41) is 5.18. The second kappa shape index (κ2) is 7.57. The number of hydrogen-bond donors (Lipinski definition) is 2. The number of para-hydroxylation sites is 1. The van der Waals surface area contributed by atoms with Crippen LogP contribution in [0.15, 0.2) is 40.4 Å². The van der Waals surface area contributed by atoms with E-state index in [4.69, 9.17) is 4.74 Å². The van der Waals surface area contributed by atoms with Crippen LogP contribution in [0.2, 0.25) is 0 Å². The Kier molecular flexibility index (Phi) is 5.23. The molecule has 0 saturated carbocycles. The maximum Gasteiger partial charge on any atom is 0.340 e. The quantitative estimate of drug-likeness (QED) is 0.822. The van der Waals surface area contributed by atoms with Gasteiger partial charge in [0.25, 0.3) is 0 Å². The van der Waals surface area contributed by atoms with E-state index in [2.05, 4.69) is 20.5 Å². The molecule has 1 aliphatic rings.